The Morgan fingerprint density at radius 2 is 2.45 bits per heavy atom. The van der Waals surface area contributed by atoms with E-state index in [4.69, 9.17) is 16.6 Å². The third-order valence-electron chi connectivity index (χ3n) is 2.90. The van der Waals surface area contributed by atoms with Crippen molar-refractivity contribution in [1.29, 1.82) is 0 Å². The van der Waals surface area contributed by atoms with Gasteiger partial charge in [0.15, 0.2) is 0 Å². The van der Waals surface area contributed by atoms with Gasteiger partial charge in [-0.3, -0.25) is 4.79 Å². The Morgan fingerprint density at radius 3 is 3.23 bits per heavy atom. The van der Waals surface area contributed by atoms with E-state index in [2.05, 4.69) is 15.3 Å². The van der Waals surface area contributed by atoms with Gasteiger partial charge in [0.1, 0.15) is 20.7 Å². The van der Waals surface area contributed by atoms with Crippen LogP contribution in [-0.4, -0.2) is 14.3 Å². The van der Waals surface area contributed by atoms with Gasteiger partial charge in [-0.15, -0.1) is 11.3 Å². The molecule has 3 rings (SSSR count). The van der Waals surface area contributed by atoms with Crippen LogP contribution in [0, 0.1) is 6.92 Å². The molecule has 0 radical (unpaired) electrons. The number of thiocarbonyl (C=S) groups is 1. The predicted octanol–water partition coefficient (Wildman–Crippen LogP) is 3.19. The largest absolute Gasteiger partial charge is 0.467 e. The lowest BCUT2D eigenvalue weighted by Gasteiger charge is -2.05. The van der Waals surface area contributed by atoms with Gasteiger partial charge in [0.05, 0.1) is 23.9 Å². The number of hydrogen-bond donors (Lipinski definition) is 2. The van der Waals surface area contributed by atoms with Gasteiger partial charge in [0, 0.05) is 4.88 Å². The molecule has 0 amide bonds. The molecule has 3 heterocycles. The Labute approximate surface area is 140 Å². The third kappa shape index (κ3) is 3.57. The van der Waals surface area contributed by atoms with Gasteiger partial charge in [-0.25, -0.2) is 4.98 Å². The van der Waals surface area contributed by atoms with Crippen molar-refractivity contribution in [3.05, 3.63) is 51.3 Å². The van der Waals surface area contributed by atoms with Crippen molar-refractivity contribution in [3.63, 3.8) is 0 Å². The van der Waals surface area contributed by atoms with E-state index < -0.39 is 0 Å². The molecule has 0 aliphatic heterocycles. The van der Waals surface area contributed by atoms with Crippen LogP contribution in [0.3, 0.4) is 0 Å². The van der Waals surface area contributed by atoms with Crippen LogP contribution in [0.4, 0.5) is 0 Å². The van der Waals surface area contributed by atoms with Crippen LogP contribution >= 0.6 is 35.3 Å². The zero-order chi connectivity index (χ0) is 15.5. The summed E-state index contributed by atoms with van der Waals surface area (Å²) in [6.07, 6.45) is 1.63. The summed E-state index contributed by atoms with van der Waals surface area (Å²) in [5.74, 6) is 1.98. The van der Waals surface area contributed by atoms with Crippen molar-refractivity contribution in [2.45, 2.75) is 19.2 Å². The number of aryl methyl sites for hydroxylation is 1. The minimum absolute atomic E-state index is 0.0978. The molecule has 0 aliphatic carbocycles. The average molecular weight is 351 g/mol. The monoisotopic (exact) mass is 351 g/mol. The fraction of sp³-hybridized carbons (Fsp3) is 0.214. The highest BCUT2D eigenvalue weighted by Gasteiger charge is 2.08. The molecule has 0 saturated heterocycles. The van der Waals surface area contributed by atoms with Crippen molar-refractivity contribution in [3.8, 4) is 0 Å². The van der Waals surface area contributed by atoms with E-state index in [-0.39, 0.29) is 5.56 Å². The normalized spacial score (nSPS) is 11.0. The Morgan fingerprint density at radius 1 is 1.59 bits per heavy atom. The standard InChI is InChI=1S/C14H13N3O2S3/c1-8-5-10-12(18)16-11(17-13(10)22-8)7-21-14(20)15-6-9-3-2-4-19-9/h2-5H,6-7H2,1H3,(H,15,20)(H,16,17,18). The molecule has 0 spiro atoms. The van der Waals surface area contributed by atoms with Crippen molar-refractivity contribution < 1.29 is 4.42 Å². The van der Waals surface area contributed by atoms with Crippen LogP contribution in [0.25, 0.3) is 10.2 Å². The molecule has 2 N–H and O–H groups in total. The molecule has 0 atom stereocenters. The van der Waals surface area contributed by atoms with Gasteiger partial charge >= 0.3 is 0 Å². The first-order chi connectivity index (χ1) is 10.6. The second-order valence-corrected chi connectivity index (χ2v) is 7.48. The Bertz CT molecular complexity index is 852. The number of H-pyrrole nitrogens is 1. The molecule has 0 bridgehead atoms. The van der Waals surface area contributed by atoms with Crippen LogP contribution in [0.5, 0.6) is 0 Å². The van der Waals surface area contributed by atoms with Crippen molar-refractivity contribution in [2.24, 2.45) is 0 Å². The van der Waals surface area contributed by atoms with Crippen LogP contribution in [0.2, 0.25) is 0 Å². The van der Waals surface area contributed by atoms with E-state index in [1.54, 1.807) is 6.26 Å². The number of nitrogens with one attached hydrogen (secondary N) is 2. The molecule has 3 aromatic rings. The highest BCUT2D eigenvalue weighted by Crippen LogP contribution is 2.20. The van der Waals surface area contributed by atoms with E-state index in [1.165, 1.54) is 23.1 Å². The molecule has 0 saturated carbocycles. The number of aromatic nitrogens is 2. The SMILES string of the molecule is Cc1cc2c(=O)[nH]c(CSC(=S)NCc3ccco3)nc2s1. The highest BCUT2D eigenvalue weighted by atomic mass is 32.2. The van der Waals surface area contributed by atoms with Crippen molar-refractivity contribution >= 4 is 49.9 Å². The lowest BCUT2D eigenvalue weighted by Crippen LogP contribution is -2.18. The Hall–Kier alpha value is -1.64. The fourth-order valence-corrected chi connectivity index (χ4v) is 3.65. The first-order valence-electron chi connectivity index (χ1n) is 6.54. The van der Waals surface area contributed by atoms with Gasteiger partial charge < -0.3 is 14.7 Å². The van der Waals surface area contributed by atoms with Gasteiger partial charge in [-0.05, 0) is 25.1 Å². The lowest BCUT2D eigenvalue weighted by molar-refractivity contribution is 0.504. The maximum absolute atomic E-state index is 12.0. The first kappa shape index (κ1) is 15.3. The van der Waals surface area contributed by atoms with Gasteiger partial charge in [-0.1, -0.05) is 24.0 Å². The summed E-state index contributed by atoms with van der Waals surface area (Å²) >= 11 is 8.20. The van der Waals surface area contributed by atoms with Crippen LogP contribution in [-0.2, 0) is 12.3 Å². The number of aromatic amines is 1. The topological polar surface area (TPSA) is 70.9 Å². The van der Waals surface area contributed by atoms with E-state index in [1.807, 2.05) is 25.1 Å². The molecule has 5 nitrogen and oxygen atoms in total. The first-order valence-corrected chi connectivity index (χ1v) is 8.75. The number of thioether (sulfide) groups is 1. The molecular formula is C14H13N3O2S3. The third-order valence-corrected chi connectivity index (χ3v) is 5.17. The molecule has 22 heavy (non-hydrogen) atoms. The number of hydrogen-bond acceptors (Lipinski definition) is 6. The summed E-state index contributed by atoms with van der Waals surface area (Å²) in [5, 5.41) is 3.74. The van der Waals surface area contributed by atoms with Crippen LogP contribution in [0.15, 0.2) is 33.7 Å². The Balaban J connectivity index is 1.61. The van der Waals surface area contributed by atoms with Crippen molar-refractivity contribution in [2.75, 3.05) is 0 Å². The lowest BCUT2D eigenvalue weighted by atomic mass is 10.4. The molecule has 114 valence electrons. The maximum Gasteiger partial charge on any atom is 0.259 e. The van der Waals surface area contributed by atoms with Gasteiger partial charge in [-0.2, -0.15) is 0 Å². The number of nitrogens with zero attached hydrogens (tertiary/aromatic N) is 1. The molecule has 8 heteroatoms. The number of rotatable bonds is 4. The zero-order valence-electron chi connectivity index (χ0n) is 11.7. The number of fused-ring (bicyclic) bond motifs is 1. The molecular weight excluding hydrogens is 338 g/mol. The molecule has 0 fully saturated rings. The van der Waals surface area contributed by atoms with E-state index in [0.29, 0.717) is 27.8 Å². The van der Waals surface area contributed by atoms with E-state index in [0.717, 1.165) is 15.5 Å². The van der Waals surface area contributed by atoms with E-state index in [9.17, 15) is 4.79 Å². The summed E-state index contributed by atoms with van der Waals surface area (Å²) < 4.78 is 5.86. The van der Waals surface area contributed by atoms with E-state index >= 15 is 0 Å². The molecule has 0 unspecified atom stereocenters. The predicted molar refractivity (Wildman–Crippen MR) is 94.4 cm³/mol. The summed E-state index contributed by atoms with van der Waals surface area (Å²) in [7, 11) is 0. The number of thiophene rings is 1. The summed E-state index contributed by atoms with van der Waals surface area (Å²) in [6.45, 7) is 2.51. The smallest absolute Gasteiger partial charge is 0.259 e. The molecule has 0 aromatic carbocycles. The summed E-state index contributed by atoms with van der Waals surface area (Å²) in [5.41, 5.74) is -0.0978. The second kappa shape index (κ2) is 6.64. The highest BCUT2D eigenvalue weighted by molar-refractivity contribution is 8.22. The molecule has 0 aliphatic rings. The average Bonchev–Trinajstić information content (AvgIpc) is 3.11. The summed E-state index contributed by atoms with van der Waals surface area (Å²) in [6, 6.07) is 5.57. The second-order valence-electron chi connectivity index (χ2n) is 4.60. The van der Waals surface area contributed by atoms with Crippen molar-refractivity contribution in [1.82, 2.24) is 15.3 Å². The van der Waals surface area contributed by atoms with Gasteiger partial charge in [0.2, 0.25) is 0 Å². The fourth-order valence-electron chi connectivity index (χ4n) is 1.92. The zero-order valence-corrected chi connectivity index (χ0v) is 14.2. The Kier molecular flexibility index (Phi) is 4.60. The minimum atomic E-state index is -0.0978. The number of furan rings is 1. The minimum Gasteiger partial charge on any atom is -0.467 e. The quantitative estimate of drug-likeness (QED) is 0.704. The molecule has 3 aromatic heterocycles. The van der Waals surface area contributed by atoms with Crippen LogP contribution in [0.1, 0.15) is 16.5 Å². The summed E-state index contributed by atoms with van der Waals surface area (Å²) in [4.78, 5) is 21.1. The van der Waals surface area contributed by atoms with Crippen LogP contribution < -0.4 is 10.9 Å². The maximum atomic E-state index is 12.0. The van der Waals surface area contributed by atoms with Gasteiger partial charge in [0.25, 0.3) is 5.56 Å².